The first kappa shape index (κ1) is 9.37. The number of rotatable bonds is 0. The van der Waals surface area contributed by atoms with Gasteiger partial charge >= 0.3 is 38.4 Å². The van der Waals surface area contributed by atoms with E-state index in [9.17, 15) is 0 Å². The van der Waals surface area contributed by atoms with Crippen LogP contribution in [0.15, 0.2) is 0 Å². The summed E-state index contributed by atoms with van der Waals surface area (Å²) in [5.74, 6) is 0. The van der Waals surface area contributed by atoms with Crippen LogP contribution >= 0.6 is 16.6 Å². The second-order valence-electron chi connectivity index (χ2n) is 0.101. The molecule has 26 valence electrons. The van der Waals surface area contributed by atoms with Crippen molar-refractivity contribution in [3.63, 3.8) is 0 Å². The van der Waals surface area contributed by atoms with E-state index in [1.54, 1.807) is 0 Å². The van der Waals surface area contributed by atoms with E-state index in [0.29, 0.717) is 0 Å². The van der Waals surface area contributed by atoms with Gasteiger partial charge in [-0.2, -0.15) is 0 Å². The smallest absolute Gasteiger partial charge is 0 e. The maximum atomic E-state index is 4.97. The standard InChI is InChI=1S/Cd.2ClH.Ni/h;2*1H;/q+2;;;/p-2. The molecule has 0 unspecified atom stereocenters. The Balaban J connectivity index is 0. The maximum Gasteiger partial charge on any atom is 0 e. The van der Waals surface area contributed by atoms with Gasteiger partial charge < -0.3 is 0 Å². The topological polar surface area (TPSA) is 0 Å². The Labute approximate surface area is 54.3 Å². The molecule has 0 heterocycles. The summed E-state index contributed by atoms with van der Waals surface area (Å²) < 4.78 is 0. The third-order valence-electron chi connectivity index (χ3n) is 0. The predicted molar refractivity (Wildman–Crippen MR) is 11.7 cm³/mol. The molecule has 0 spiro atoms. The molecule has 0 saturated heterocycles. The molecule has 0 aromatic carbocycles. The molecule has 0 bridgehead atoms. The minimum atomic E-state index is -1.07. The van der Waals surface area contributed by atoms with E-state index in [2.05, 4.69) is 0 Å². The molecule has 0 saturated carbocycles. The molecular formula is CdCl2Ni. The van der Waals surface area contributed by atoms with Gasteiger partial charge in [0, 0.05) is 16.5 Å². The Bertz CT molecular complexity index is 6.00. The summed E-state index contributed by atoms with van der Waals surface area (Å²) in [4.78, 5) is 0. The second-order valence-corrected chi connectivity index (χ2v) is 6.10. The quantitative estimate of drug-likeness (QED) is 0.563. The number of halogens is 2. The first-order valence-corrected chi connectivity index (χ1v) is 10.8. The summed E-state index contributed by atoms with van der Waals surface area (Å²) in [6, 6.07) is 0. The minimum absolute atomic E-state index is 0. The molecule has 0 aromatic heterocycles. The van der Waals surface area contributed by atoms with E-state index >= 15 is 0 Å². The molecule has 0 aromatic rings. The van der Waals surface area contributed by atoms with Crippen LogP contribution in [0, 0.1) is 0 Å². The summed E-state index contributed by atoms with van der Waals surface area (Å²) in [6.07, 6.45) is 0. The van der Waals surface area contributed by atoms with Crippen molar-refractivity contribution in [3.05, 3.63) is 0 Å². The van der Waals surface area contributed by atoms with E-state index in [-0.39, 0.29) is 16.5 Å². The van der Waals surface area contributed by atoms with Crippen molar-refractivity contribution < 1.29 is 38.3 Å². The molecule has 4 heavy (non-hydrogen) atoms. The van der Waals surface area contributed by atoms with Gasteiger partial charge in [0.05, 0.1) is 0 Å². The van der Waals surface area contributed by atoms with Gasteiger partial charge in [-0.05, 0) is 0 Å². The zero-order chi connectivity index (χ0) is 2.71. The molecule has 0 aliphatic heterocycles. The molecular weight excluding hydrogens is 242 g/mol. The van der Waals surface area contributed by atoms with Gasteiger partial charge in [-0.1, -0.05) is 0 Å². The van der Waals surface area contributed by atoms with Crippen LogP contribution in [0.4, 0.5) is 0 Å². The average molecular weight is 242 g/mol. The fourth-order valence-electron chi connectivity index (χ4n) is 0. The molecule has 4 heteroatoms. The van der Waals surface area contributed by atoms with Gasteiger partial charge in [-0.3, -0.25) is 0 Å². The predicted octanol–water partition coefficient (Wildman–Crippen LogP) is 1.37. The summed E-state index contributed by atoms with van der Waals surface area (Å²) >= 11 is -1.07. The molecule has 0 aliphatic carbocycles. The van der Waals surface area contributed by atoms with Crippen molar-refractivity contribution in [2.75, 3.05) is 0 Å². The Morgan fingerprint density at radius 1 is 1.25 bits per heavy atom. The van der Waals surface area contributed by atoms with Crippen molar-refractivity contribution in [1.82, 2.24) is 0 Å². The summed E-state index contributed by atoms with van der Waals surface area (Å²) in [6.45, 7) is 0. The van der Waals surface area contributed by atoms with Crippen LogP contribution in [0.1, 0.15) is 0 Å². The van der Waals surface area contributed by atoms with Crippen molar-refractivity contribution in [2.24, 2.45) is 0 Å². The molecule has 0 nitrogen and oxygen atoms in total. The van der Waals surface area contributed by atoms with Gasteiger partial charge in [0.15, 0.2) is 0 Å². The van der Waals surface area contributed by atoms with Gasteiger partial charge in [0.1, 0.15) is 0 Å². The maximum absolute atomic E-state index is 4.97. The summed E-state index contributed by atoms with van der Waals surface area (Å²) in [7, 11) is 9.95. The Kier molecular flexibility index (Phi) is 20.8. The molecule has 0 atom stereocenters. The van der Waals surface area contributed by atoms with Crippen LogP contribution in [0.5, 0.6) is 0 Å². The van der Waals surface area contributed by atoms with E-state index < -0.39 is 21.8 Å². The van der Waals surface area contributed by atoms with Gasteiger partial charge in [0.2, 0.25) is 0 Å². The van der Waals surface area contributed by atoms with Crippen molar-refractivity contribution in [1.29, 1.82) is 0 Å². The van der Waals surface area contributed by atoms with Crippen LogP contribution in [0.2, 0.25) is 0 Å². The summed E-state index contributed by atoms with van der Waals surface area (Å²) in [5, 5.41) is 0. The van der Waals surface area contributed by atoms with Crippen molar-refractivity contribution in [2.45, 2.75) is 0 Å². The van der Waals surface area contributed by atoms with Crippen LogP contribution in [0.25, 0.3) is 0 Å². The van der Waals surface area contributed by atoms with Gasteiger partial charge in [-0.25, -0.2) is 0 Å². The fraction of sp³-hybridized carbons (Fsp3) is 0. The number of hydrogen-bond acceptors (Lipinski definition) is 0. The first-order valence-electron chi connectivity index (χ1n) is 0.535. The SMILES string of the molecule is [Cl][Cd][Cl].[Ni]. The Morgan fingerprint density at radius 2 is 1.25 bits per heavy atom. The van der Waals surface area contributed by atoms with Crippen molar-refractivity contribution in [3.8, 4) is 0 Å². The molecule has 0 amide bonds. The van der Waals surface area contributed by atoms with E-state index in [1.807, 2.05) is 0 Å². The fourth-order valence-corrected chi connectivity index (χ4v) is 0. The van der Waals surface area contributed by atoms with E-state index in [0.717, 1.165) is 0 Å². The summed E-state index contributed by atoms with van der Waals surface area (Å²) in [5.41, 5.74) is 0. The Hall–Kier alpha value is 2.00. The normalized spacial score (nSPS) is 2.50. The van der Waals surface area contributed by atoms with Gasteiger partial charge in [0.25, 0.3) is 0 Å². The van der Waals surface area contributed by atoms with Gasteiger partial charge in [-0.15, -0.1) is 0 Å². The minimum Gasteiger partial charge on any atom is 0 e. The molecule has 0 radical (unpaired) electrons. The van der Waals surface area contributed by atoms with E-state index in [4.69, 9.17) is 16.6 Å². The first-order chi connectivity index (χ1) is 1.41. The third-order valence-corrected chi connectivity index (χ3v) is 0. The van der Waals surface area contributed by atoms with E-state index in [1.165, 1.54) is 0 Å². The number of hydrogen-bond donors (Lipinski definition) is 0. The largest absolute Gasteiger partial charge is 0 e. The van der Waals surface area contributed by atoms with Crippen LogP contribution in [-0.2, 0) is 38.3 Å². The second kappa shape index (κ2) is 8.89. The zero-order valence-corrected chi connectivity index (χ0v) is 8.32. The third kappa shape index (κ3) is 9.00. The van der Waals surface area contributed by atoms with Crippen LogP contribution in [0.3, 0.4) is 0 Å². The molecule has 0 rings (SSSR count). The average Bonchev–Trinajstić information content (AvgIpc) is 0.918. The zero-order valence-electron chi connectivity index (χ0n) is 1.78. The molecule has 0 N–H and O–H groups in total. The Morgan fingerprint density at radius 3 is 1.25 bits per heavy atom. The van der Waals surface area contributed by atoms with Crippen molar-refractivity contribution >= 4 is 16.6 Å². The van der Waals surface area contributed by atoms with Crippen LogP contribution in [-0.4, -0.2) is 0 Å². The molecule has 0 aliphatic rings. The molecule has 0 fully saturated rings. The monoisotopic (exact) mass is 242 g/mol. The van der Waals surface area contributed by atoms with Crippen LogP contribution < -0.4 is 0 Å².